The second-order valence-corrected chi connectivity index (χ2v) is 3.18. The van der Waals surface area contributed by atoms with Crippen LogP contribution in [0.15, 0.2) is 30.3 Å². The number of benzene rings is 1. The summed E-state index contributed by atoms with van der Waals surface area (Å²) in [6, 6.07) is 9.10. The van der Waals surface area contributed by atoms with Crippen molar-refractivity contribution < 1.29 is 14.7 Å². The number of nitrogens with zero attached hydrogens (tertiary/aromatic N) is 1. The van der Waals surface area contributed by atoms with Crippen LogP contribution in [-0.2, 0) is 9.63 Å². The van der Waals surface area contributed by atoms with E-state index in [1.54, 1.807) is 12.1 Å². The first-order valence-corrected chi connectivity index (χ1v) is 4.46. The normalized spacial score (nSPS) is 22.5. The van der Waals surface area contributed by atoms with Gasteiger partial charge in [0.1, 0.15) is 6.61 Å². The van der Waals surface area contributed by atoms with E-state index in [1.807, 2.05) is 18.2 Å². The average molecular weight is 193 g/mol. The summed E-state index contributed by atoms with van der Waals surface area (Å²) in [6.45, 7) is 0.167. The average Bonchev–Trinajstić information content (AvgIpc) is 2.19. The van der Waals surface area contributed by atoms with Gasteiger partial charge in [0.2, 0.25) is 0 Å². The van der Waals surface area contributed by atoms with Crippen molar-refractivity contribution >= 4 is 11.6 Å². The molecule has 14 heavy (non-hydrogen) atoms. The fourth-order valence-electron chi connectivity index (χ4n) is 1.36. The van der Waals surface area contributed by atoms with E-state index in [4.69, 9.17) is 4.84 Å². The van der Waals surface area contributed by atoms with Gasteiger partial charge in [0.25, 0.3) is 5.91 Å². The molecule has 1 aromatic carbocycles. The molecule has 4 nitrogen and oxygen atoms in total. The van der Waals surface area contributed by atoms with E-state index < -0.39 is 6.10 Å². The van der Waals surface area contributed by atoms with Crippen molar-refractivity contribution in [2.45, 2.75) is 12.5 Å². The standard InChI is InChI=1S/C10H11NO3/c12-9-6-10(13)11(14-7-9)8-4-2-1-3-5-8/h1-5,9,12H,6-7H2. The van der Waals surface area contributed by atoms with E-state index in [2.05, 4.69) is 0 Å². The summed E-state index contributed by atoms with van der Waals surface area (Å²) in [7, 11) is 0. The van der Waals surface area contributed by atoms with Crippen LogP contribution in [0.1, 0.15) is 6.42 Å². The second kappa shape index (κ2) is 3.77. The Kier molecular flexibility index (Phi) is 2.47. The Morgan fingerprint density at radius 2 is 2.07 bits per heavy atom. The van der Waals surface area contributed by atoms with Crippen molar-refractivity contribution in [2.24, 2.45) is 0 Å². The van der Waals surface area contributed by atoms with Crippen LogP contribution in [0, 0.1) is 0 Å². The van der Waals surface area contributed by atoms with Gasteiger partial charge < -0.3 is 5.11 Å². The van der Waals surface area contributed by atoms with Gasteiger partial charge >= 0.3 is 0 Å². The van der Waals surface area contributed by atoms with E-state index in [-0.39, 0.29) is 18.9 Å². The van der Waals surface area contributed by atoms with Gasteiger partial charge in [-0.15, -0.1) is 0 Å². The SMILES string of the molecule is O=C1CC(O)CON1c1ccccc1. The number of aliphatic hydroxyl groups is 1. The van der Waals surface area contributed by atoms with Crippen molar-refractivity contribution in [3.63, 3.8) is 0 Å². The Balaban J connectivity index is 2.16. The van der Waals surface area contributed by atoms with Gasteiger partial charge in [0.15, 0.2) is 0 Å². The van der Waals surface area contributed by atoms with Gasteiger partial charge in [-0.05, 0) is 12.1 Å². The number of amides is 1. The molecule has 0 radical (unpaired) electrons. The summed E-state index contributed by atoms with van der Waals surface area (Å²) in [6.07, 6.45) is -0.558. The minimum atomic E-state index is -0.678. The van der Waals surface area contributed by atoms with Crippen LogP contribution < -0.4 is 5.06 Å². The minimum Gasteiger partial charge on any atom is -0.390 e. The van der Waals surface area contributed by atoms with Crippen LogP contribution in [0.5, 0.6) is 0 Å². The van der Waals surface area contributed by atoms with Crippen LogP contribution in [0.2, 0.25) is 0 Å². The molecule has 1 fully saturated rings. The predicted octanol–water partition coefficient (Wildman–Crippen LogP) is 0.716. The summed E-state index contributed by atoms with van der Waals surface area (Å²) in [5.74, 6) is -0.213. The third kappa shape index (κ3) is 1.76. The molecule has 1 saturated heterocycles. The highest BCUT2D eigenvalue weighted by Gasteiger charge is 2.26. The molecule has 4 heteroatoms. The minimum absolute atomic E-state index is 0.120. The lowest BCUT2D eigenvalue weighted by Gasteiger charge is -2.28. The number of carbonyl (C=O) groups excluding carboxylic acids is 1. The molecule has 1 aliphatic rings. The van der Waals surface area contributed by atoms with Gasteiger partial charge in [0.05, 0.1) is 18.2 Å². The van der Waals surface area contributed by atoms with E-state index in [1.165, 1.54) is 5.06 Å². The molecule has 1 heterocycles. The first kappa shape index (κ1) is 9.18. The Morgan fingerprint density at radius 1 is 1.36 bits per heavy atom. The number of hydrogen-bond acceptors (Lipinski definition) is 3. The zero-order valence-electron chi connectivity index (χ0n) is 7.59. The summed E-state index contributed by atoms with van der Waals surface area (Å²) in [5.41, 5.74) is 0.699. The molecule has 0 spiro atoms. The van der Waals surface area contributed by atoms with Crippen molar-refractivity contribution in [2.75, 3.05) is 11.7 Å². The summed E-state index contributed by atoms with van der Waals surface area (Å²) >= 11 is 0. The maximum Gasteiger partial charge on any atom is 0.253 e. The monoisotopic (exact) mass is 193 g/mol. The Labute approximate surface area is 81.7 Å². The lowest BCUT2D eigenvalue weighted by molar-refractivity contribution is -0.136. The van der Waals surface area contributed by atoms with Crippen LogP contribution in [0.25, 0.3) is 0 Å². The predicted molar refractivity (Wildman–Crippen MR) is 50.5 cm³/mol. The molecular weight excluding hydrogens is 182 g/mol. The smallest absolute Gasteiger partial charge is 0.253 e. The summed E-state index contributed by atoms with van der Waals surface area (Å²) < 4.78 is 0. The molecule has 0 saturated carbocycles. The van der Waals surface area contributed by atoms with Gasteiger partial charge in [0, 0.05) is 0 Å². The number of rotatable bonds is 1. The quantitative estimate of drug-likeness (QED) is 0.714. The molecule has 2 rings (SSSR count). The second-order valence-electron chi connectivity index (χ2n) is 3.18. The first-order chi connectivity index (χ1) is 6.77. The van der Waals surface area contributed by atoms with E-state index >= 15 is 0 Å². The molecule has 74 valence electrons. The van der Waals surface area contributed by atoms with Crippen molar-refractivity contribution in [1.29, 1.82) is 0 Å². The molecule has 0 bridgehead atoms. The number of anilines is 1. The summed E-state index contributed by atoms with van der Waals surface area (Å²) in [5, 5.41) is 10.4. The lowest BCUT2D eigenvalue weighted by atomic mass is 10.2. The zero-order valence-corrected chi connectivity index (χ0v) is 7.59. The van der Waals surface area contributed by atoms with E-state index in [9.17, 15) is 9.90 Å². The highest BCUT2D eigenvalue weighted by molar-refractivity contribution is 5.92. The third-order valence-electron chi connectivity index (χ3n) is 2.02. The molecule has 0 aliphatic carbocycles. The van der Waals surface area contributed by atoms with Crippen molar-refractivity contribution in [3.8, 4) is 0 Å². The molecule has 0 aromatic heterocycles. The summed E-state index contributed by atoms with van der Waals surface area (Å²) in [4.78, 5) is 16.6. The van der Waals surface area contributed by atoms with E-state index in [0.717, 1.165) is 0 Å². The van der Waals surface area contributed by atoms with Gasteiger partial charge in [-0.2, -0.15) is 5.06 Å². The van der Waals surface area contributed by atoms with Crippen molar-refractivity contribution in [1.82, 2.24) is 0 Å². The highest BCUT2D eigenvalue weighted by Crippen LogP contribution is 2.19. The lowest BCUT2D eigenvalue weighted by Crippen LogP contribution is -2.42. The fourth-order valence-corrected chi connectivity index (χ4v) is 1.36. The van der Waals surface area contributed by atoms with Crippen LogP contribution in [0.3, 0.4) is 0 Å². The maximum absolute atomic E-state index is 11.4. The first-order valence-electron chi connectivity index (χ1n) is 4.46. The highest BCUT2D eigenvalue weighted by atomic mass is 16.7. The fraction of sp³-hybridized carbons (Fsp3) is 0.300. The number of carbonyl (C=O) groups is 1. The Bertz CT molecular complexity index is 325. The number of hydrogen-bond donors (Lipinski definition) is 1. The third-order valence-corrected chi connectivity index (χ3v) is 2.02. The van der Waals surface area contributed by atoms with Gasteiger partial charge in [-0.25, -0.2) is 0 Å². The largest absolute Gasteiger partial charge is 0.390 e. The zero-order chi connectivity index (χ0) is 9.97. The number of hydroxylamine groups is 1. The number of aliphatic hydroxyl groups excluding tert-OH is 1. The number of para-hydroxylation sites is 1. The molecule has 1 amide bonds. The van der Waals surface area contributed by atoms with Crippen LogP contribution in [0.4, 0.5) is 5.69 Å². The van der Waals surface area contributed by atoms with E-state index in [0.29, 0.717) is 5.69 Å². The van der Waals surface area contributed by atoms with Crippen LogP contribution >= 0.6 is 0 Å². The van der Waals surface area contributed by atoms with Crippen LogP contribution in [-0.4, -0.2) is 23.7 Å². The molecule has 1 aromatic rings. The molecular formula is C10H11NO3. The molecule has 1 aliphatic heterocycles. The molecule has 1 unspecified atom stereocenters. The Morgan fingerprint density at radius 3 is 2.71 bits per heavy atom. The van der Waals surface area contributed by atoms with Gasteiger partial charge in [-0.3, -0.25) is 9.63 Å². The topological polar surface area (TPSA) is 49.8 Å². The Hall–Kier alpha value is -1.39. The van der Waals surface area contributed by atoms with Crippen molar-refractivity contribution in [3.05, 3.63) is 30.3 Å². The van der Waals surface area contributed by atoms with Gasteiger partial charge in [-0.1, -0.05) is 18.2 Å². The maximum atomic E-state index is 11.4. The molecule has 1 atom stereocenters. The molecule has 1 N–H and O–H groups in total.